The van der Waals surface area contributed by atoms with Crippen molar-refractivity contribution in [3.05, 3.63) is 66.0 Å². The topological polar surface area (TPSA) is 25.4 Å². The van der Waals surface area contributed by atoms with E-state index in [4.69, 9.17) is 4.74 Å². The molecular weight excluding hydrogens is 260 g/mol. The number of hydrogen-bond donors (Lipinski definition) is 0. The Balaban J connectivity index is 1.67. The van der Waals surface area contributed by atoms with Crippen LogP contribution in [0.2, 0.25) is 0 Å². The highest BCUT2D eigenvalue weighted by molar-refractivity contribution is 5.25. The Morgan fingerprint density at radius 2 is 1.76 bits per heavy atom. The molecule has 0 amide bonds. The smallest absolute Gasteiger partial charge is 0.124 e. The van der Waals surface area contributed by atoms with E-state index < -0.39 is 0 Å². The maximum absolute atomic E-state index is 6.17. The third-order valence-corrected chi connectivity index (χ3v) is 3.95. The summed E-state index contributed by atoms with van der Waals surface area (Å²) < 4.78 is 6.17. The molecule has 0 spiro atoms. The predicted octanol–water partition coefficient (Wildman–Crippen LogP) is 3.28. The summed E-state index contributed by atoms with van der Waals surface area (Å²) in [5.41, 5.74) is 2.14. The third kappa shape index (κ3) is 3.90. The van der Waals surface area contributed by atoms with Crippen molar-refractivity contribution in [2.75, 3.05) is 26.2 Å². The first-order valence-corrected chi connectivity index (χ1v) is 7.73. The fourth-order valence-electron chi connectivity index (χ4n) is 2.82. The molecule has 1 aromatic heterocycles. The Bertz CT molecular complexity index is 484. The molecule has 3 nitrogen and oxygen atoms in total. The molecule has 1 unspecified atom stereocenters. The van der Waals surface area contributed by atoms with E-state index in [0.29, 0.717) is 0 Å². The van der Waals surface area contributed by atoms with Crippen LogP contribution >= 0.6 is 0 Å². The van der Waals surface area contributed by atoms with Crippen LogP contribution in [0.15, 0.2) is 54.7 Å². The zero-order valence-corrected chi connectivity index (χ0v) is 12.3. The van der Waals surface area contributed by atoms with Gasteiger partial charge in [0, 0.05) is 12.7 Å². The van der Waals surface area contributed by atoms with E-state index in [1.165, 1.54) is 25.9 Å². The van der Waals surface area contributed by atoms with Crippen molar-refractivity contribution >= 4 is 0 Å². The van der Waals surface area contributed by atoms with Crippen LogP contribution in [0.1, 0.15) is 30.2 Å². The van der Waals surface area contributed by atoms with Crippen LogP contribution in [0.4, 0.5) is 0 Å². The summed E-state index contributed by atoms with van der Waals surface area (Å²) in [7, 11) is 0. The van der Waals surface area contributed by atoms with Crippen molar-refractivity contribution in [1.29, 1.82) is 0 Å². The van der Waals surface area contributed by atoms with E-state index in [9.17, 15) is 0 Å². The van der Waals surface area contributed by atoms with Crippen LogP contribution in [-0.4, -0.2) is 36.1 Å². The molecule has 0 bridgehead atoms. The molecule has 1 atom stereocenters. The van der Waals surface area contributed by atoms with Gasteiger partial charge in [-0.1, -0.05) is 36.4 Å². The molecule has 0 saturated carbocycles. The number of likely N-dealkylation sites (tertiary alicyclic amines) is 1. The van der Waals surface area contributed by atoms with Gasteiger partial charge in [-0.25, -0.2) is 0 Å². The maximum Gasteiger partial charge on any atom is 0.124 e. The van der Waals surface area contributed by atoms with Gasteiger partial charge in [-0.15, -0.1) is 0 Å². The van der Waals surface area contributed by atoms with Gasteiger partial charge in [-0.05, 0) is 43.6 Å². The normalized spacial score (nSPS) is 17.0. The summed E-state index contributed by atoms with van der Waals surface area (Å²) >= 11 is 0. The quantitative estimate of drug-likeness (QED) is 0.813. The third-order valence-electron chi connectivity index (χ3n) is 3.95. The zero-order chi connectivity index (χ0) is 14.3. The Hall–Kier alpha value is -1.71. The van der Waals surface area contributed by atoms with Gasteiger partial charge in [0.2, 0.25) is 0 Å². The molecule has 0 aliphatic carbocycles. The summed E-state index contributed by atoms with van der Waals surface area (Å²) in [6, 6.07) is 16.3. The fourth-order valence-corrected chi connectivity index (χ4v) is 2.82. The second kappa shape index (κ2) is 7.34. The molecular formula is C18H22N2O. The summed E-state index contributed by atoms with van der Waals surface area (Å²) in [6.45, 7) is 4.18. The molecule has 0 N–H and O–H groups in total. The van der Waals surface area contributed by atoms with Gasteiger partial charge in [0.05, 0.1) is 12.3 Å². The van der Waals surface area contributed by atoms with Crippen molar-refractivity contribution in [1.82, 2.24) is 9.88 Å². The molecule has 2 aromatic rings. The lowest BCUT2D eigenvalue weighted by molar-refractivity contribution is 0.0620. The molecule has 3 rings (SSSR count). The molecule has 1 aromatic carbocycles. The average Bonchev–Trinajstić information content (AvgIpc) is 3.07. The summed E-state index contributed by atoms with van der Waals surface area (Å²) in [6.07, 6.45) is 4.40. The van der Waals surface area contributed by atoms with Crippen molar-refractivity contribution < 1.29 is 4.74 Å². The molecule has 0 radical (unpaired) electrons. The first-order valence-electron chi connectivity index (χ1n) is 7.73. The Morgan fingerprint density at radius 3 is 2.48 bits per heavy atom. The zero-order valence-electron chi connectivity index (χ0n) is 12.3. The average molecular weight is 282 g/mol. The number of pyridine rings is 1. The predicted molar refractivity (Wildman–Crippen MR) is 84.1 cm³/mol. The maximum atomic E-state index is 6.17. The lowest BCUT2D eigenvalue weighted by Crippen LogP contribution is -2.25. The Morgan fingerprint density at radius 1 is 1.00 bits per heavy atom. The number of hydrogen-bond acceptors (Lipinski definition) is 3. The molecule has 1 aliphatic rings. The highest BCUT2D eigenvalue weighted by atomic mass is 16.5. The monoisotopic (exact) mass is 282 g/mol. The van der Waals surface area contributed by atoms with Gasteiger partial charge in [0.1, 0.15) is 6.10 Å². The number of benzene rings is 1. The lowest BCUT2D eigenvalue weighted by atomic mass is 10.1. The van der Waals surface area contributed by atoms with Gasteiger partial charge >= 0.3 is 0 Å². The fraction of sp³-hybridized carbons (Fsp3) is 0.389. The van der Waals surface area contributed by atoms with Gasteiger partial charge in [-0.2, -0.15) is 0 Å². The first-order chi connectivity index (χ1) is 10.4. The van der Waals surface area contributed by atoms with Crippen molar-refractivity contribution in [3.8, 4) is 0 Å². The Labute approximate surface area is 126 Å². The van der Waals surface area contributed by atoms with Crippen molar-refractivity contribution in [3.63, 3.8) is 0 Å². The molecule has 1 saturated heterocycles. The highest BCUT2D eigenvalue weighted by Gasteiger charge is 2.17. The van der Waals surface area contributed by atoms with E-state index in [1.54, 1.807) is 0 Å². The van der Waals surface area contributed by atoms with Crippen LogP contribution in [-0.2, 0) is 4.74 Å². The minimum atomic E-state index is -0.0741. The van der Waals surface area contributed by atoms with Crippen LogP contribution in [0.3, 0.4) is 0 Å². The van der Waals surface area contributed by atoms with Crippen LogP contribution in [0.25, 0.3) is 0 Å². The van der Waals surface area contributed by atoms with Crippen LogP contribution in [0.5, 0.6) is 0 Å². The molecule has 110 valence electrons. The summed E-state index contributed by atoms with van der Waals surface area (Å²) in [5, 5.41) is 0. The van der Waals surface area contributed by atoms with E-state index in [1.807, 2.05) is 30.5 Å². The van der Waals surface area contributed by atoms with Gasteiger partial charge in [-0.3, -0.25) is 4.98 Å². The number of nitrogens with zero attached hydrogens (tertiary/aromatic N) is 2. The standard InChI is InChI=1S/C18H22N2O/c1-2-8-16(9-3-1)18(17-10-4-5-11-19-17)21-15-14-20-12-6-7-13-20/h1-5,8-11,18H,6-7,12-15H2. The number of ether oxygens (including phenoxy) is 1. The van der Waals surface area contributed by atoms with Crippen molar-refractivity contribution in [2.24, 2.45) is 0 Å². The minimum Gasteiger partial charge on any atom is -0.366 e. The van der Waals surface area contributed by atoms with Crippen molar-refractivity contribution in [2.45, 2.75) is 18.9 Å². The minimum absolute atomic E-state index is 0.0741. The van der Waals surface area contributed by atoms with Gasteiger partial charge in [0.15, 0.2) is 0 Å². The highest BCUT2D eigenvalue weighted by Crippen LogP contribution is 2.24. The van der Waals surface area contributed by atoms with Crippen LogP contribution in [0, 0.1) is 0 Å². The van der Waals surface area contributed by atoms with Gasteiger partial charge < -0.3 is 9.64 Å². The number of aromatic nitrogens is 1. The van der Waals surface area contributed by atoms with Crippen LogP contribution < -0.4 is 0 Å². The second-order valence-electron chi connectivity index (χ2n) is 5.46. The Kier molecular flexibility index (Phi) is 4.98. The lowest BCUT2D eigenvalue weighted by Gasteiger charge is -2.20. The molecule has 2 heterocycles. The SMILES string of the molecule is c1ccc(C(OCCN2CCCC2)c2ccccn2)cc1. The second-order valence-corrected chi connectivity index (χ2v) is 5.46. The largest absolute Gasteiger partial charge is 0.366 e. The van der Waals surface area contributed by atoms with E-state index >= 15 is 0 Å². The van der Waals surface area contributed by atoms with E-state index in [2.05, 4.69) is 34.1 Å². The van der Waals surface area contributed by atoms with Gasteiger partial charge in [0.25, 0.3) is 0 Å². The van der Waals surface area contributed by atoms with E-state index in [0.717, 1.165) is 24.4 Å². The molecule has 3 heteroatoms. The molecule has 1 aliphatic heterocycles. The summed E-state index contributed by atoms with van der Waals surface area (Å²) in [5.74, 6) is 0. The summed E-state index contributed by atoms with van der Waals surface area (Å²) in [4.78, 5) is 6.94. The molecule has 21 heavy (non-hydrogen) atoms. The molecule has 1 fully saturated rings. The number of rotatable bonds is 6. The first kappa shape index (κ1) is 14.2. The van der Waals surface area contributed by atoms with E-state index in [-0.39, 0.29) is 6.10 Å².